The van der Waals surface area contributed by atoms with E-state index in [1.54, 1.807) is 0 Å². The number of anilines is 1. The van der Waals surface area contributed by atoms with Crippen molar-refractivity contribution in [2.24, 2.45) is 5.73 Å². The van der Waals surface area contributed by atoms with Gasteiger partial charge in [-0.3, -0.25) is 4.90 Å². The molecule has 1 saturated heterocycles. The van der Waals surface area contributed by atoms with Crippen LogP contribution in [0.5, 0.6) is 0 Å². The van der Waals surface area contributed by atoms with E-state index in [-0.39, 0.29) is 0 Å². The molecule has 1 aromatic carbocycles. The van der Waals surface area contributed by atoms with Gasteiger partial charge >= 0.3 is 0 Å². The SMILES string of the molecule is CCSCCC(CN)N1CCN(c2ccccc2Cl)CC1. The van der Waals surface area contributed by atoms with E-state index < -0.39 is 0 Å². The molecule has 0 amide bonds. The first-order chi connectivity index (χ1) is 10.3. The zero-order chi connectivity index (χ0) is 15.1. The molecule has 0 saturated carbocycles. The molecule has 0 bridgehead atoms. The molecule has 1 aliphatic heterocycles. The van der Waals surface area contributed by atoms with Gasteiger partial charge in [-0.2, -0.15) is 11.8 Å². The molecule has 2 N–H and O–H groups in total. The molecule has 0 aromatic heterocycles. The Kier molecular flexibility index (Phi) is 7.17. The highest BCUT2D eigenvalue weighted by Crippen LogP contribution is 2.26. The zero-order valence-electron chi connectivity index (χ0n) is 12.8. The molecule has 3 nitrogen and oxygen atoms in total. The zero-order valence-corrected chi connectivity index (χ0v) is 14.4. The Morgan fingerprint density at radius 3 is 2.57 bits per heavy atom. The van der Waals surface area contributed by atoms with Gasteiger partial charge in [0.05, 0.1) is 10.7 Å². The largest absolute Gasteiger partial charge is 0.368 e. The number of hydrogen-bond acceptors (Lipinski definition) is 4. The highest BCUT2D eigenvalue weighted by molar-refractivity contribution is 7.99. The molecule has 2 rings (SSSR count). The summed E-state index contributed by atoms with van der Waals surface area (Å²) in [6.07, 6.45) is 1.20. The topological polar surface area (TPSA) is 32.5 Å². The minimum atomic E-state index is 0.525. The quantitative estimate of drug-likeness (QED) is 0.780. The van der Waals surface area contributed by atoms with Crippen LogP contribution in [0.15, 0.2) is 24.3 Å². The normalized spacial score (nSPS) is 18.0. The molecule has 1 atom stereocenters. The van der Waals surface area contributed by atoms with Gasteiger partial charge in [0, 0.05) is 38.8 Å². The third-order valence-electron chi connectivity index (χ3n) is 4.10. The lowest BCUT2D eigenvalue weighted by atomic mass is 10.1. The number of thioether (sulfide) groups is 1. The van der Waals surface area contributed by atoms with Gasteiger partial charge in [-0.15, -0.1) is 0 Å². The molecule has 1 heterocycles. The number of nitrogens with zero attached hydrogens (tertiary/aromatic N) is 2. The summed E-state index contributed by atoms with van der Waals surface area (Å²) in [6, 6.07) is 8.64. The summed E-state index contributed by atoms with van der Waals surface area (Å²) in [5.41, 5.74) is 7.13. The number of para-hydroxylation sites is 1. The molecule has 1 fully saturated rings. The number of halogens is 1. The van der Waals surface area contributed by atoms with Crippen LogP contribution in [0.1, 0.15) is 13.3 Å². The molecule has 21 heavy (non-hydrogen) atoms. The number of benzene rings is 1. The summed E-state index contributed by atoms with van der Waals surface area (Å²) >= 11 is 8.30. The van der Waals surface area contributed by atoms with Crippen molar-refractivity contribution in [1.29, 1.82) is 0 Å². The molecule has 0 spiro atoms. The third-order valence-corrected chi connectivity index (χ3v) is 5.35. The standard InChI is InChI=1S/C16H26ClN3S/c1-2-21-12-7-14(13-18)19-8-10-20(11-9-19)16-6-4-3-5-15(16)17/h3-6,14H,2,7-13,18H2,1H3. The molecule has 0 aliphatic carbocycles. The number of piperazine rings is 1. The Morgan fingerprint density at radius 2 is 1.95 bits per heavy atom. The minimum Gasteiger partial charge on any atom is -0.368 e. The molecule has 5 heteroatoms. The summed E-state index contributed by atoms with van der Waals surface area (Å²) in [5.74, 6) is 2.40. The van der Waals surface area contributed by atoms with E-state index in [0.717, 1.165) is 43.4 Å². The second-order valence-electron chi connectivity index (χ2n) is 5.35. The van der Waals surface area contributed by atoms with Crippen LogP contribution in [0.2, 0.25) is 5.02 Å². The third kappa shape index (κ3) is 4.78. The second kappa shape index (κ2) is 8.89. The predicted molar refractivity (Wildman–Crippen MR) is 95.7 cm³/mol. The van der Waals surface area contributed by atoms with Crippen molar-refractivity contribution in [2.75, 3.05) is 49.1 Å². The summed E-state index contributed by atoms with van der Waals surface area (Å²) in [4.78, 5) is 4.93. The summed E-state index contributed by atoms with van der Waals surface area (Å²) < 4.78 is 0. The van der Waals surface area contributed by atoms with Crippen LogP contribution < -0.4 is 10.6 Å². The van der Waals surface area contributed by atoms with Crippen LogP contribution in [0.3, 0.4) is 0 Å². The molecule has 0 radical (unpaired) electrons. The van der Waals surface area contributed by atoms with Crippen molar-refractivity contribution >= 4 is 29.1 Å². The van der Waals surface area contributed by atoms with Gasteiger partial charge in [0.2, 0.25) is 0 Å². The Hall–Kier alpha value is -0.420. The fourth-order valence-electron chi connectivity index (χ4n) is 2.85. The van der Waals surface area contributed by atoms with Crippen LogP contribution >= 0.6 is 23.4 Å². The summed E-state index contributed by atoms with van der Waals surface area (Å²) in [6.45, 7) is 7.18. The Bertz CT molecular complexity index is 422. The Balaban J connectivity index is 1.86. The average molecular weight is 328 g/mol. The smallest absolute Gasteiger partial charge is 0.0639 e. The van der Waals surface area contributed by atoms with Gasteiger partial charge in [0.25, 0.3) is 0 Å². The highest BCUT2D eigenvalue weighted by Gasteiger charge is 2.23. The van der Waals surface area contributed by atoms with E-state index in [1.165, 1.54) is 17.9 Å². The highest BCUT2D eigenvalue weighted by atomic mass is 35.5. The van der Waals surface area contributed by atoms with Crippen LogP contribution in [0.25, 0.3) is 0 Å². The maximum atomic E-state index is 6.29. The van der Waals surface area contributed by atoms with E-state index in [1.807, 2.05) is 23.9 Å². The Labute approximate surface area is 137 Å². The van der Waals surface area contributed by atoms with Crippen molar-refractivity contribution < 1.29 is 0 Å². The van der Waals surface area contributed by atoms with Gasteiger partial charge in [0.15, 0.2) is 0 Å². The fraction of sp³-hybridized carbons (Fsp3) is 0.625. The number of rotatable bonds is 7. The molecule has 1 aromatic rings. The van der Waals surface area contributed by atoms with Crippen LogP contribution in [0, 0.1) is 0 Å². The molecule has 1 unspecified atom stereocenters. The number of hydrogen-bond donors (Lipinski definition) is 1. The van der Waals surface area contributed by atoms with Crippen molar-refractivity contribution in [1.82, 2.24) is 4.90 Å². The van der Waals surface area contributed by atoms with E-state index in [9.17, 15) is 0 Å². The van der Waals surface area contributed by atoms with E-state index in [4.69, 9.17) is 17.3 Å². The van der Waals surface area contributed by atoms with Gasteiger partial charge in [-0.25, -0.2) is 0 Å². The molecular formula is C16H26ClN3S. The van der Waals surface area contributed by atoms with Crippen molar-refractivity contribution in [3.05, 3.63) is 29.3 Å². The van der Waals surface area contributed by atoms with Crippen molar-refractivity contribution in [3.63, 3.8) is 0 Å². The van der Waals surface area contributed by atoms with Gasteiger partial charge in [0.1, 0.15) is 0 Å². The van der Waals surface area contributed by atoms with E-state index in [0.29, 0.717) is 6.04 Å². The monoisotopic (exact) mass is 327 g/mol. The van der Waals surface area contributed by atoms with Crippen molar-refractivity contribution in [2.45, 2.75) is 19.4 Å². The first-order valence-corrected chi connectivity index (χ1v) is 9.30. The predicted octanol–water partition coefficient (Wildman–Crippen LogP) is 2.93. The van der Waals surface area contributed by atoms with Gasteiger partial charge in [-0.1, -0.05) is 30.7 Å². The Morgan fingerprint density at radius 1 is 1.24 bits per heavy atom. The van der Waals surface area contributed by atoms with Gasteiger partial charge < -0.3 is 10.6 Å². The summed E-state index contributed by atoms with van der Waals surface area (Å²) in [7, 11) is 0. The molecular weight excluding hydrogens is 302 g/mol. The van der Waals surface area contributed by atoms with E-state index in [2.05, 4.69) is 28.9 Å². The van der Waals surface area contributed by atoms with Crippen LogP contribution in [-0.2, 0) is 0 Å². The van der Waals surface area contributed by atoms with Crippen LogP contribution in [0.4, 0.5) is 5.69 Å². The average Bonchev–Trinajstić information content (AvgIpc) is 2.53. The first-order valence-electron chi connectivity index (χ1n) is 7.77. The minimum absolute atomic E-state index is 0.525. The van der Waals surface area contributed by atoms with E-state index >= 15 is 0 Å². The lowest BCUT2D eigenvalue weighted by Gasteiger charge is -2.40. The molecule has 1 aliphatic rings. The lowest BCUT2D eigenvalue weighted by Crippen LogP contribution is -2.52. The summed E-state index contributed by atoms with van der Waals surface area (Å²) in [5, 5.41) is 0.848. The van der Waals surface area contributed by atoms with Crippen LogP contribution in [-0.4, -0.2) is 55.2 Å². The van der Waals surface area contributed by atoms with Crippen molar-refractivity contribution in [3.8, 4) is 0 Å². The molecule has 118 valence electrons. The number of nitrogens with two attached hydrogens (primary N) is 1. The lowest BCUT2D eigenvalue weighted by molar-refractivity contribution is 0.185. The van der Waals surface area contributed by atoms with Gasteiger partial charge in [-0.05, 0) is 30.1 Å². The first kappa shape index (κ1) is 16.9. The maximum Gasteiger partial charge on any atom is 0.0639 e. The maximum absolute atomic E-state index is 6.29. The fourth-order valence-corrected chi connectivity index (χ4v) is 3.83. The second-order valence-corrected chi connectivity index (χ2v) is 7.15.